The lowest BCUT2D eigenvalue weighted by atomic mass is 10.2. The molecule has 94 valence electrons. The molecule has 1 aromatic rings. The minimum atomic E-state index is 0.564. The van der Waals surface area contributed by atoms with Crippen LogP contribution in [0.2, 0.25) is 5.02 Å². The van der Waals surface area contributed by atoms with Gasteiger partial charge in [-0.15, -0.1) is 0 Å². The van der Waals surface area contributed by atoms with E-state index < -0.39 is 0 Å². The molecule has 2 rings (SSSR count). The number of nitrogens with one attached hydrogen (secondary N) is 2. The van der Waals surface area contributed by atoms with E-state index in [0.29, 0.717) is 23.9 Å². The van der Waals surface area contributed by atoms with Crippen molar-refractivity contribution in [3.63, 3.8) is 0 Å². The molecule has 3 N–H and O–H groups in total. The Hall–Kier alpha value is -1.17. The molecule has 0 amide bonds. The molecule has 1 aliphatic heterocycles. The molecule has 17 heavy (non-hydrogen) atoms. The van der Waals surface area contributed by atoms with Crippen molar-refractivity contribution < 1.29 is 9.94 Å². The van der Waals surface area contributed by atoms with Crippen LogP contribution >= 0.6 is 11.6 Å². The van der Waals surface area contributed by atoms with Crippen LogP contribution in [0.1, 0.15) is 0 Å². The van der Waals surface area contributed by atoms with E-state index in [1.165, 1.54) is 0 Å². The van der Waals surface area contributed by atoms with Gasteiger partial charge < -0.3 is 15.0 Å². The summed E-state index contributed by atoms with van der Waals surface area (Å²) in [7, 11) is 1.80. The Morgan fingerprint density at radius 2 is 2.00 bits per heavy atom. The summed E-state index contributed by atoms with van der Waals surface area (Å²) in [4.78, 5) is 2.17. The van der Waals surface area contributed by atoms with Gasteiger partial charge in [0, 0.05) is 20.1 Å². The summed E-state index contributed by atoms with van der Waals surface area (Å²) in [5, 5.41) is 12.6. The van der Waals surface area contributed by atoms with Crippen LogP contribution < -0.4 is 15.7 Å². The summed E-state index contributed by atoms with van der Waals surface area (Å²) < 4.78 is 5.31. The zero-order chi connectivity index (χ0) is 12.3. The number of morpholine rings is 1. The first-order chi connectivity index (χ1) is 8.26. The predicted octanol–water partition coefficient (Wildman–Crippen LogP) is 2.02. The minimum Gasteiger partial charge on any atom is -0.386 e. The molecule has 0 aromatic heterocycles. The third-order valence-electron chi connectivity index (χ3n) is 2.83. The average molecular weight is 258 g/mol. The highest BCUT2D eigenvalue weighted by molar-refractivity contribution is 6.33. The summed E-state index contributed by atoms with van der Waals surface area (Å²) in [6.45, 7) is 3.08. The van der Waals surface area contributed by atoms with Gasteiger partial charge in [0.2, 0.25) is 0 Å². The van der Waals surface area contributed by atoms with Gasteiger partial charge in [0.1, 0.15) is 0 Å². The molecular formula is C11H16ClN3O2. The van der Waals surface area contributed by atoms with Crippen molar-refractivity contribution in [3.05, 3.63) is 17.2 Å². The summed E-state index contributed by atoms with van der Waals surface area (Å²) in [6, 6.07) is 3.63. The average Bonchev–Trinajstić information content (AvgIpc) is 2.39. The van der Waals surface area contributed by atoms with Gasteiger partial charge in [-0.2, -0.15) is 0 Å². The van der Waals surface area contributed by atoms with Gasteiger partial charge in [-0.1, -0.05) is 11.6 Å². The normalized spacial score (nSPS) is 15.8. The first-order valence-corrected chi connectivity index (χ1v) is 5.88. The van der Waals surface area contributed by atoms with Crippen molar-refractivity contribution in [1.29, 1.82) is 0 Å². The molecule has 0 aliphatic carbocycles. The van der Waals surface area contributed by atoms with Crippen molar-refractivity contribution in [2.45, 2.75) is 0 Å². The van der Waals surface area contributed by atoms with Crippen LogP contribution in [0.15, 0.2) is 12.1 Å². The summed E-state index contributed by atoms with van der Waals surface area (Å²) in [6.07, 6.45) is 0. The van der Waals surface area contributed by atoms with Gasteiger partial charge in [-0.05, 0) is 12.1 Å². The number of hydrogen-bond acceptors (Lipinski definition) is 5. The van der Waals surface area contributed by atoms with E-state index in [-0.39, 0.29) is 0 Å². The second-order valence-corrected chi connectivity index (χ2v) is 4.22. The van der Waals surface area contributed by atoms with E-state index in [9.17, 15) is 0 Å². The van der Waals surface area contributed by atoms with Crippen LogP contribution in [0.5, 0.6) is 0 Å². The Balaban J connectivity index is 2.32. The molecule has 0 bridgehead atoms. The van der Waals surface area contributed by atoms with Crippen LogP contribution in [0.3, 0.4) is 0 Å². The lowest BCUT2D eigenvalue weighted by molar-refractivity contribution is 0.122. The molecule has 1 aromatic carbocycles. The van der Waals surface area contributed by atoms with Crippen molar-refractivity contribution in [2.75, 3.05) is 49.0 Å². The number of halogens is 1. The fourth-order valence-electron chi connectivity index (χ4n) is 1.91. The third-order valence-corrected chi connectivity index (χ3v) is 3.13. The molecule has 0 radical (unpaired) electrons. The molecule has 6 heteroatoms. The largest absolute Gasteiger partial charge is 0.386 e. The Bertz CT molecular complexity index is 395. The fourth-order valence-corrected chi connectivity index (χ4v) is 2.19. The molecule has 1 aliphatic rings. The summed E-state index contributed by atoms with van der Waals surface area (Å²) in [5.41, 5.74) is 4.45. The van der Waals surface area contributed by atoms with Crippen molar-refractivity contribution in [3.8, 4) is 0 Å². The Morgan fingerprint density at radius 3 is 2.59 bits per heavy atom. The highest BCUT2D eigenvalue weighted by atomic mass is 35.5. The maximum absolute atomic E-state index is 8.99. The quantitative estimate of drug-likeness (QED) is 0.724. The highest BCUT2D eigenvalue weighted by Gasteiger charge is 2.16. The van der Waals surface area contributed by atoms with Crippen LogP contribution in [0.25, 0.3) is 0 Å². The molecule has 1 saturated heterocycles. The molecule has 1 heterocycles. The van der Waals surface area contributed by atoms with E-state index in [1.807, 2.05) is 6.07 Å². The topological polar surface area (TPSA) is 56.8 Å². The lowest BCUT2D eigenvalue weighted by Gasteiger charge is -2.30. The second-order valence-electron chi connectivity index (χ2n) is 3.81. The molecule has 1 fully saturated rings. The zero-order valence-corrected chi connectivity index (χ0v) is 10.4. The maximum atomic E-state index is 8.99. The standard InChI is InChI=1S/C11H16ClN3O2/c1-13-9-7-11(8(12)6-10(9)14-16)15-2-4-17-5-3-15/h6-7,13-14,16H,2-5H2,1H3. The fraction of sp³-hybridized carbons (Fsp3) is 0.455. The first-order valence-electron chi connectivity index (χ1n) is 5.50. The number of ether oxygens (including phenoxy) is 1. The molecule has 5 nitrogen and oxygen atoms in total. The van der Waals surface area contributed by atoms with E-state index in [2.05, 4.69) is 15.7 Å². The number of rotatable bonds is 3. The minimum absolute atomic E-state index is 0.564. The van der Waals surface area contributed by atoms with Crippen LogP contribution in [0.4, 0.5) is 17.1 Å². The van der Waals surface area contributed by atoms with Gasteiger partial charge >= 0.3 is 0 Å². The van der Waals surface area contributed by atoms with Crippen molar-refractivity contribution in [2.24, 2.45) is 0 Å². The third kappa shape index (κ3) is 2.57. The first kappa shape index (κ1) is 12.3. The summed E-state index contributed by atoms with van der Waals surface area (Å²) in [5.74, 6) is 0. The van der Waals surface area contributed by atoms with Crippen molar-refractivity contribution in [1.82, 2.24) is 0 Å². The SMILES string of the molecule is CNc1cc(N2CCOCC2)c(Cl)cc1NO. The Morgan fingerprint density at radius 1 is 1.29 bits per heavy atom. The second kappa shape index (κ2) is 5.44. The van der Waals surface area contributed by atoms with Crippen LogP contribution in [0, 0.1) is 0 Å². The number of anilines is 3. The lowest BCUT2D eigenvalue weighted by Crippen LogP contribution is -2.36. The molecule has 0 saturated carbocycles. The monoisotopic (exact) mass is 257 g/mol. The predicted molar refractivity (Wildman–Crippen MR) is 69.4 cm³/mol. The van der Waals surface area contributed by atoms with E-state index in [1.54, 1.807) is 13.1 Å². The van der Waals surface area contributed by atoms with Gasteiger partial charge in [0.25, 0.3) is 0 Å². The van der Waals surface area contributed by atoms with Gasteiger partial charge in [-0.3, -0.25) is 10.7 Å². The molecule has 0 spiro atoms. The summed E-state index contributed by atoms with van der Waals surface area (Å²) >= 11 is 6.21. The number of benzene rings is 1. The molecule has 0 atom stereocenters. The maximum Gasteiger partial charge on any atom is 0.0849 e. The van der Waals surface area contributed by atoms with Crippen LogP contribution in [-0.2, 0) is 4.74 Å². The van der Waals surface area contributed by atoms with Crippen molar-refractivity contribution >= 4 is 28.7 Å². The smallest absolute Gasteiger partial charge is 0.0849 e. The Labute approximate surface area is 105 Å². The van der Waals surface area contributed by atoms with Crippen LogP contribution in [-0.4, -0.2) is 38.6 Å². The van der Waals surface area contributed by atoms with Gasteiger partial charge in [-0.25, -0.2) is 0 Å². The Kier molecular flexibility index (Phi) is 3.93. The van der Waals surface area contributed by atoms with E-state index in [4.69, 9.17) is 21.5 Å². The molecular weight excluding hydrogens is 242 g/mol. The molecule has 0 unspecified atom stereocenters. The highest BCUT2D eigenvalue weighted by Crippen LogP contribution is 2.35. The zero-order valence-electron chi connectivity index (χ0n) is 9.66. The number of hydrogen-bond donors (Lipinski definition) is 3. The van der Waals surface area contributed by atoms with E-state index >= 15 is 0 Å². The number of nitrogens with zero attached hydrogens (tertiary/aromatic N) is 1. The van der Waals surface area contributed by atoms with Gasteiger partial charge in [0.15, 0.2) is 0 Å². The van der Waals surface area contributed by atoms with Gasteiger partial charge in [0.05, 0.1) is 35.3 Å². The van der Waals surface area contributed by atoms with E-state index in [0.717, 1.165) is 24.5 Å².